The quantitative estimate of drug-likeness (QED) is 0.790. The van der Waals surface area contributed by atoms with Crippen molar-refractivity contribution in [3.05, 3.63) is 41.6 Å². The van der Waals surface area contributed by atoms with Gasteiger partial charge in [0.15, 0.2) is 0 Å². The fourth-order valence-corrected chi connectivity index (χ4v) is 2.55. The van der Waals surface area contributed by atoms with E-state index in [2.05, 4.69) is 0 Å². The van der Waals surface area contributed by atoms with Crippen molar-refractivity contribution < 1.29 is 23.6 Å². The number of allylic oxidation sites excluding steroid dienone is 1. The van der Waals surface area contributed by atoms with Gasteiger partial charge in [-0.15, -0.1) is 0 Å². The third-order valence-corrected chi connectivity index (χ3v) is 4.69. The van der Waals surface area contributed by atoms with E-state index in [-0.39, 0.29) is 6.42 Å². The van der Waals surface area contributed by atoms with E-state index in [1.165, 1.54) is 0 Å². The van der Waals surface area contributed by atoms with Gasteiger partial charge in [-0.2, -0.15) is 0 Å². The zero-order chi connectivity index (χ0) is 18.0. The van der Waals surface area contributed by atoms with Gasteiger partial charge >= 0.3 is 13.1 Å². The highest BCUT2D eigenvalue weighted by molar-refractivity contribution is 6.55. The predicted molar refractivity (Wildman–Crippen MR) is 92.0 cm³/mol. The fraction of sp³-hybridized carbons (Fsp3) is 0.500. The van der Waals surface area contributed by atoms with Crippen LogP contribution in [0, 0.1) is 0 Å². The van der Waals surface area contributed by atoms with Crippen molar-refractivity contribution in [3.63, 3.8) is 0 Å². The summed E-state index contributed by atoms with van der Waals surface area (Å²) in [6.07, 6.45) is 0.658. The number of rotatable bonds is 6. The Labute approximate surface area is 142 Å². The first-order valence-electron chi connectivity index (χ1n) is 8.15. The maximum absolute atomic E-state index is 15.2. The van der Waals surface area contributed by atoms with Crippen LogP contribution in [0.15, 0.2) is 36.1 Å². The van der Waals surface area contributed by atoms with Gasteiger partial charge in [0.1, 0.15) is 5.73 Å². The highest BCUT2D eigenvalue weighted by Gasteiger charge is 2.53. The average molecular weight is 334 g/mol. The lowest BCUT2D eigenvalue weighted by Gasteiger charge is -2.32. The molecule has 0 aliphatic carbocycles. The van der Waals surface area contributed by atoms with Gasteiger partial charge in [0.25, 0.3) is 0 Å². The van der Waals surface area contributed by atoms with Crippen LogP contribution in [0.4, 0.5) is 4.39 Å². The van der Waals surface area contributed by atoms with Crippen molar-refractivity contribution in [2.45, 2.75) is 58.2 Å². The summed E-state index contributed by atoms with van der Waals surface area (Å²) < 4.78 is 26.7. The Bertz CT molecular complexity index is 609. The molecule has 0 saturated carbocycles. The number of hydrogen-bond donors (Lipinski definition) is 1. The Kier molecular flexibility index (Phi) is 5.50. The van der Waals surface area contributed by atoms with Gasteiger partial charge in [0.2, 0.25) is 0 Å². The summed E-state index contributed by atoms with van der Waals surface area (Å²) in [6.45, 7) is 7.47. The van der Waals surface area contributed by atoms with Crippen molar-refractivity contribution in [2.24, 2.45) is 0 Å². The molecular formula is C18H24BFO4. The van der Waals surface area contributed by atoms with Crippen LogP contribution < -0.4 is 0 Å². The molecule has 1 heterocycles. The van der Waals surface area contributed by atoms with Crippen molar-refractivity contribution in [1.29, 1.82) is 0 Å². The smallest absolute Gasteiger partial charge is 0.481 e. The van der Waals surface area contributed by atoms with Crippen LogP contribution in [0.2, 0.25) is 0 Å². The summed E-state index contributed by atoms with van der Waals surface area (Å²) in [5.74, 6) is -0.890. The lowest BCUT2D eigenvalue weighted by molar-refractivity contribution is -0.137. The Morgan fingerprint density at radius 3 is 2.12 bits per heavy atom. The van der Waals surface area contributed by atoms with E-state index in [9.17, 15) is 4.79 Å². The zero-order valence-electron chi connectivity index (χ0n) is 14.6. The second kappa shape index (κ2) is 7.07. The highest BCUT2D eigenvalue weighted by Crippen LogP contribution is 2.40. The molecule has 1 aliphatic heterocycles. The molecule has 0 atom stereocenters. The fourth-order valence-electron chi connectivity index (χ4n) is 2.55. The number of halogens is 1. The lowest BCUT2D eigenvalue weighted by Crippen LogP contribution is -2.41. The summed E-state index contributed by atoms with van der Waals surface area (Å²) >= 11 is 0. The van der Waals surface area contributed by atoms with Crippen molar-refractivity contribution in [1.82, 2.24) is 0 Å². The standard InChI is InChI=1S/C18H24BFO4/c1-17(2)18(3,4)24-19(23-17)16(20)14(11-8-12-15(21)22)13-9-6-5-7-10-13/h5-7,9-10H,8,11-12H2,1-4H3,(H,21,22). The molecule has 130 valence electrons. The van der Waals surface area contributed by atoms with Crippen LogP contribution >= 0.6 is 0 Å². The predicted octanol–water partition coefficient (Wildman–Crippen LogP) is 4.25. The first-order valence-corrected chi connectivity index (χ1v) is 8.15. The van der Waals surface area contributed by atoms with Gasteiger partial charge in [-0.3, -0.25) is 4.79 Å². The molecule has 1 fully saturated rings. The van der Waals surface area contributed by atoms with Gasteiger partial charge in [0, 0.05) is 6.42 Å². The minimum atomic E-state index is -1.07. The maximum atomic E-state index is 15.2. The van der Waals surface area contributed by atoms with Crippen molar-refractivity contribution in [3.8, 4) is 0 Å². The highest BCUT2D eigenvalue weighted by atomic mass is 19.1. The molecule has 1 N–H and O–H groups in total. The first kappa shape index (κ1) is 18.7. The van der Waals surface area contributed by atoms with Gasteiger partial charge in [-0.05, 0) is 51.7 Å². The van der Waals surface area contributed by atoms with E-state index in [1.807, 2.05) is 45.9 Å². The molecule has 24 heavy (non-hydrogen) atoms. The van der Waals surface area contributed by atoms with Crippen molar-refractivity contribution >= 4 is 18.7 Å². The van der Waals surface area contributed by atoms with E-state index >= 15 is 4.39 Å². The van der Waals surface area contributed by atoms with Crippen molar-refractivity contribution in [2.75, 3.05) is 0 Å². The third-order valence-electron chi connectivity index (χ3n) is 4.69. The molecule has 0 radical (unpaired) electrons. The SMILES string of the molecule is CC1(C)OB(C(F)=C(CCCC(=O)O)c2ccccc2)OC1(C)C. The minimum Gasteiger partial charge on any atom is -0.481 e. The van der Waals surface area contributed by atoms with Crippen LogP contribution in [0.5, 0.6) is 0 Å². The average Bonchev–Trinajstić information content (AvgIpc) is 2.72. The van der Waals surface area contributed by atoms with Crippen LogP contribution in [-0.4, -0.2) is 29.4 Å². The second-order valence-electron chi connectivity index (χ2n) is 7.03. The molecule has 0 spiro atoms. The molecule has 1 aromatic carbocycles. The minimum absolute atomic E-state index is 0.00696. The number of benzene rings is 1. The largest absolute Gasteiger partial charge is 0.525 e. The van der Waals surface area contributed by atoms with E-state index < -0.39 is 30.0 Å². The summed E-state index contributed by atoms with van der Waals surface area (Å²) in [5.41, 5.74) is -0.578. The molecule has 1 aromatic rings. The maximum Gasteiger partial charge on any atom is 0.525 e. The van der Waals surface area contributed by atoms with E-state index in [1.54, 1.807) is 12.1 Å². The van der Waals surface area contributed by atoms with E-state index in [4.69, 9.17) is 14.4 Å². The van der Waals surface area contributed by atoms with Crippen LogP contribution in [0.25, 0.3) is 5.57 Å². The van der Waals surface area contributed by atoms with Crippen LogP contribution in [-0.2, 0) is 14.1 Å². The van der Waals surface area contributed by atoms with E-state index in [0.29, 0.717) is 18.4 Å². The van der Waals surface area contributed by atoms with Crippen LogP contribution in [0.1, 0.15) is 52.5 Å². The molecule has 0 unspecified atom stereocenters. The monoisotopic (exact) mass is 334 g/mol. The Hall–Kier alpha value is -1.66. The summed E-state index contributed by atoms with van der Waals surface area (Å²) in [4.78, 5) is 10.8. The van der Waals surface area contributed by atoms with Crippen LogP contribution in [0.3, 0.4) is 0 Å². The molecule has 0 aromatic heterocycles. The second-order valence-corrected chi connectivity index (χ2v) is 7.03. The first-order chi connectivity index (χ1) is 11.1. The number of carbonyl (C=O) groups is 1. The summed E-state index contributed by atoms with van der Waals surface area (Å²) in [6, 6.07) is 9.11. The summed E-state index contributed by atoms with van der Waals surface area (Å²) in [5, 5.41) is 8.83. The number of carboxylic acid groups (broad SMARTS) is 1. The molecule has 1 aliphatic rings. The summed E-state index contributed by atoms with van der Waals surface area (Å²) in [7, 11) is -1.07. The van der Waals surface area contributed by atoms with Gasteiger partial charge in [-0.1, -0.05) is 30.3 Å². The topological polar surface area (TPSA) is 55.8 Å². The Morgan fingerprint density at radius 2 is 1.62 bits per heavy atom. The Balaban J connectivity index is 2.31. The molecule has 1 saturated heterocycles. The molecule has 0 amide bonds. The number of carboxylic acids is 1. The zero-order valence-corrected chi connectivity index (χ0v) is 14.6. The molecular weight excluding hydrogens is 310 g/mol. The number of aliphatic carboxylic acids is 1. The molecule has 0 bridgehead atoms. The van der Waals surface area contributed by atoms with Gasteiger partial charge in [-0.25, -0.2) is 4.39 Å². The third kappa shape index (κ3) is 4.05. The van der Waals surface area contributed by atoms with E-state index in [0.717, 1.165) is 5.56 Å². The van der Waals surface area contributed by atoms with Gasteiger partial charge in [0.05, 0.1) is 11.2 Å². The number of hydrogen-bond acceptors (Lipinski definition) is 3. The Morgan fingerprint density at radius 1 is 1.08 bits per heavy atom. The molecule has 6 heteroatoms. The lowest BCUT2D eigenvalue weighted by atomic mass is 9.81. The molecule has 4 nitrogen and oxygen atoms in total. The normalized spacial score (nSPS) is 20.0. The molecule has 2 rings (SSSR count). The van der Waals surface area contributed by atoms with Gasteiger partial charge < -0.3 is 14.4 Å².